The smallest absolute Gasteiger partial charge is 0.229 e. The Balaban J connectivity index is 1.62. The number of carbonyl (C=O) groups is 1. The van der Waals surface area contributed by atoms with E-state index in [4.69, 9.17) is 10.00 Å². The Bertz CT molecular complexity index is 1040. The quantitative estimate of drug-likeness (QED) is 0.899. The normalized spacial score (nSPS) is 23.0. The lowest BCUT2D eigenvalue weighted by atomic mass is 9.96. The molecule has 4 rings (SSSR count). The first kappa shape index (κ1) is 17.4. The Morgan fingerprint density at radius 1 is 1.33 bits per heavy atom. The first-order chi connectivity index (χ1) is 12.8. The van der Waals surface area contributed by atoms with E-state index in [2.05, 4.69) is 15.3 Å². The van der Waals surface area contributed by atoms with Crippen molar-refractivity contribution in [1.82, 2.24) is 14.5 Å². The summed E-state index contributed by atoms with van der Waals surface area (Å²) in [4.78, 5) is 21.6. The number of nitriles is 1. The lowest BCUT2D eigenvalue weighted by molar-refractivity contribution is -0.126. The third-order valence-electron chi connectivity index (χ3n) is 4.98. The summed E-state index contributed by atoms with van der Waals surface area (Å²) in [6.07, 6.45) is 7.73. The minimum absolute atomic E-state index is 0.156. The number of ether oxygens (including phenoxy) is 1. The van der Waals surface area contributed by atoms with E-state index in [1.54, 1.807) is 16.7 Å². The van der Waals surface area contributed by atoms with Gasteiger partial charge in [-0.15, -0.1) is 0 Å². The highest BCUT2D eigenvalue weighted by Gasteiger charge is 2.42. The lowest BCUT2D eigenvalue weighted by Crippen LogP contribution is -2.33. The minimum atomic E-state index is -0.480. The molecule has 27 heavy (non-hydrogen) atoms. The highest BCUT2D eigenvalue weighted by atomic mass is 16.5. The van der Waals surface area contributed by atoms with E-state index in [-0.39, 0.29) is 17.9 Å². The molecular weight excluding hydrogens is 342 g/mol. The van der Waals surface area contributed by atoms with Crippen molar-refractivity contribution in [3.8, 4) is 6.07 Å². The molecule has 0 saturated carbocycles. The number of imidazole rings is 1. The van der Waals surface area contributed by atoms with Crippen molar-refractivity contribution in [3.63, 3.8) is 0 Å². The summed E-state index contributed by atoms with van der Waals surface area (Å²) in [5, 5.41) is 12.0. The van der Waals surface area contributed by atoms with Crippen molar-refractivity contribution in [2.24, 2.45) is 0 Å². The van der Waals surface area contributed by atoms with E-state index in [0.29, 0.717) is 22.8 Å². The number of allylic oxidation sites excluding steroid dienone is 4. The van der Waals surface area contributed by atoms with E-state index < -0.39 is 5.60 Å². The van der Waals surface area contributed by atoms with Gasteiger partial charge in [-0.3, -0.25) is 14.7 Å². The predicted molar refractivity (Wildman–Crippen MR) is 102 cm³/mol. The number of anilines is 1. The van der Waals surface area contributed by atoms with Crippen molar-refractivity contribution in [3.05, 3.63) is 36.1 Å². The molecule has 0 spiro atoms. The average molecular weight is 363 g/mol. The van der Waals surface area contributed by atoms with Crippen molar-refractivity contribution in [2.75, 3.05) is 5.32 Å². The second-order valence-electron chi connectivity index (χ2n) is 7.91. The van der Waals surface area contributed by atoms with Gasteiger partial charge in [-0.25, -0.2) is 9.97 Å². The summed E-state index contributed by atoms with van der Waals surface area (Å²) in [5.41, 5.74) is 1.65. The Morgan fingerprint density at radius 2 is 2.11 bits per heavy atom. The van der Waals surface area contributed by atoms with Crippen LogP contribution >= 0.6 is 0 Å². The maximum absolute atomic E-state index is 12.7. The molecule has 1 fully saturated rings. The van der Waals surface area contributed by atoms with E-state index >= 15 is 0 Å². The number of pyridine rings is 1. The summed E-state index contributed by atoms with van der Waals surface area (Å²) >= 11 is 0. The summed E-state index contributed by atoms with van der Waals surface area (Å²) in [5.74, 6) is 0.241. The van der Waals surface area contributed by atoms with Crippen molar-refractivity contribution in [2.45, 2.75) is 51.2 Å². The number of carbonyl (C=O) groups excluding carboxylic acids is 1. The van der Waals surface area contributed by atoms with Crippen LogP contribution in [-0.2, 0) is 9.53 Å². The van der Waals surface area contributed by atoms with Crippen molar-refractivity contribution in [1.29, 1.82) is 5.26 Å². The fraction of sp³-hybridized carbons (Fsp3) is 0.400. The predicted octanol–water partition coefficient (Wildman–Crippen LogP) is 3.39. The first-order valence-electron chi connectivity index (χ1n) is 8.97. The van der Waals surface area contributed by atoms with Gasteiger partial charge in [0.15, 0.2) is 5.65 Å². The van der Waals surface area contributed by atoms with Crippen LogP contribution in [0.2, 0.25) is 0 Å². The maximum atomic E-state index is 12.7. The molecule has 1 saturated heterocycles. The van der Waals surface area contributed by atoms with Crippen LogP contribution in [0.5, 0.6) is 0 Å². The molecule has 2 aromatic rings. The van der Waals surface area contributed by atoms with Gasteiger partial charge in [-0.2, -0.15) is 5.26 Å². The molecular formula is C20H21N5O2. The standard InChI is InChI=1S/C20H21N5O2/c1-19(2)9-10-20(3,27-19)11-16(26)24-18-23-15-8-7-13(12-21)22-17(15)25(18)14-5-4-6-14/h4-8H,9-11H2,1-3H3,(H,23,24,26). The van der Waals surface area contributed by atoms with Crippen LogP contribution in [0.15, 0.2) is 30.4 Å². The van der Waals surface area contributed by atoms with Crippen LogP contribution in [-0.4, -0.2) is 31.6 Å². The Hall–Kier alpha value is -2.98. The molecule has 2 aliphatic rings. The topological polar surface area (TPSA) is 92.8 Å². The number of hydrogen-bond acceptors (Lipinski definition) is 5. The molecule has 0 aromatic carbocycles. The van der Waals surface area contributed by atoms with Crippen LogP contribution in [0.4, 0.5) is 5.95 Å². The van der Waals surface area contributed by atoms with Gasteiger partial charge in [0.2, 0.25) is 11.9 Å². The Morgan fingerprint density at radius 3 is 2.70 bits per heavy atom. The molecule has 0 radical (unpaired) electrons. The SMILES string of the molecule is CC1(C)CCC(C)(CC(=O)Nc2nc3ccc(C#N)nc3n2C2=CC=C2)O1. The molecule has 138 valence electrons. The van der Waals surface area contributed by atoms with E-state index in [0.717, 1.165) is 18.5 Å². The maximum Gasteiger partial charge on any atom is 0.229 e. The third-order valence-corrected chi connectivity index (χ3v) is 4.98. The molecule has 2 aromatic heterocycles. The molecule has 1 atom stereocenters. The Kier molecular flexibility index (Phi) is 3.89. The van der Waals surface area contributed by atoms with Gasteiger partial charge in [0.05, 0.1) is 23.3 Å². The molecule has 7 heteroatoms. The van der Waals surface area contributed by atoms with Crippen molar-refractivity contribution >= 4 is 28.7 Å². The fourth-order valence-corrected chi connectivity index (χ4v) is 3.65. The van der Waals surface area contributed by atoms with Gasteiger partial charge < -0.3 is 4.74 Å². The number of aromatic nitrogens is 3. The highest BCUT2D eigenvalue weighted by molar-refractivity contribution is 5.94. The van der Waals surface area contributed by atoms with Crippen LogP contribution in [0.3, 0.4) is 0 Å². The van der Waals surface area contributed by atoms with Gasteiger partial charge in [-0.1, -0.05) is 6.08 Å². The molecule has 1 N–H and O–H groups in total. The monoisotopic (exact) mass is 363 g/mol. The zero-order valence-electron chi connectivity index (χ0n) is 15.6. The van der Waals surface area contributed by atoms with Gasteiger partial charge in [-0.05, 0) is 57.9 Å². The third kappa shape index (κ3) is 3.24. The summed E-state index contributed by atoms with van der Waals surface area (Å²) < 4.78 is 7.84. The first-order valence-corrected chi connectivity index (χ1v) is 8.97. The lowest BCUT2D eigenvalue weighted by Gasteiger charge is -2.27. The van der Waals surface area contributed by atoms with E-state index in [1.807, 2.05) is 45.1 Å². The molecule has 1 aliphatic carbocycles. The van der Waals surface area contributed by atoms with Gasteiger partial charge in [0.1, 0.15) is 17.3 Å². The fourth-order valence-electron chi connectivity index (χ4n) is 3.65. The minimum Gasteiger partial charge on any atom is -0.369 e. The zero-order valence-corrected chi connectivity index (χ0v) is 15.6. The van der Waals surface area contributed by atoms with Crippen molar-refractivity contribution < 1.29 is 9.53 Å². The highest BCUT2D eigenvalue weighted by Crippen LogP contribution is 2.39. The summed E-state index contributed by atoms with van der Waals surface area (Å²) in [7, 11) is 0. The number of nitrogens with zero attached hydrogens (tertiary/aromatic N) is 4. The number of rotatable bonds is 4. The van der Waals surface area contributed by atoms with Crippen LogP contribution in [0.25, 0.3) is 16.9 Å². The largest absolute Gasteiger partial charge is 0.369 e. The molecule has 0 bridgehead atoms. The molecule has 3 heterocycles. The van der Waals surface area contributed by atoms with Gasteiger partial charge >= 0.3 is 0 Å². The van der Waals surface area contributed by atoms with E-state index in [9.17, 15) is 4.79 Å². The van der Waals surface area contributed by atoms with Gasteiger partial charge in [0.25, 0.3) is 0 Å². The second-order valence-corrected chi connectivity index (χ2v) is 7.91. The average Bonchev–Trinajstić information content (AvgIpc) is 3.02. The number of hydrogen-bond donors (Lipinski definition) is 1. The van der Waals surface area contributed by atoms with Gasteiger partial charge in [0, 0.05) is 0 Å². The molecule has 1 unspecified atom stereocenters. The number of fused-ring (bicyclic) bond motifs is 1. The van der Waals surface area contributed by atoms with Crippen LogP contribution in [0, 0.1) is 11.3 Å². The summed E-state index contributed by atoms with van der Waals surface area (Å²) in [6.45, 7) is 6.06. The second kappa shape index (κ2) is 6.03. The zero-order chi connectivity index (χ0) is 19.2. The van der Waals surface area contributed by atoms with Crippen LogP contribution in [0.1, 0.15) is 45.7 Å². The van der Waals surface area contributed by atoms with Crippen LogP contribution < -0.4 is 5.32 Å². The molecule has 1 amide bonds. The van der Waals surface area contributed by atoms with E-state index in [1.165, 1.54) is 0 Å². The number of nitrogens with one attached hydrogen (secondary N) is 1. The Labute approximate surface area is 157 Å². The molecule has 7 nitrogen and oxygen atoms in total. The number of amides is 1. The molecule has 1 aliphatic heterocycles. The summed E-state index contributed by atoms with van der Waals surface area (Å²) in [6, 6.07) is 5.39.